The van der Waals surface area contributed by atoms with Crippen molar-refractivity contribution in [2.75, 3.05) is 0 Å². The van der Waals surface area contributed by atoms with Crippen LogP contribution in [0.3, 0.4) is 0 Å². The molecule has 0 amide bonds. The third kappa shape index (κ3) is 4.12. The summed E-state index contributed by atoms with van der Waals surface area (Å²) in [5.74, 6) is 0.958. The van der Waals surface area contributed by atoms with Crippen LogP contribution in [0, 0.1) is 10.1 Å². The van der Waals surface area contributed by atoms with Crippen molar-refractivity contribution in [1.29, 1.82) is 0 Å². The summed E-state index contributed by atoms with van der Waals surface area (Å²) in [6.45, 7) is 0.232. The fourth-order valence-electron chi connectivity index (χ4n) is 2.89. The predicted molar refractivity (Wildman–Crippen MR) is 108 cm³/mol. The van der Waals surface area contributed by atoms with Crippen molar-refractivity contribution < 1.29 is 19.2 Å². The number of Topliss-reactive ketones (excluding diaryl/α,β-unsaturated/α-hetero) is 1. The fourth-order valence-corrected chi connectivity index (χ4v) is 3.08. The molecule has 144 valence electrons. The van der Waals surface area contributed by atoms with E-state index < -0.39 is 4.92 Å². The third-order valence-electron chi connectivity index (χ3n) is 4.34. The quantitative estimate of drug-likeness (QED) is 0.319. The third-order valence-corrected chi connectivity index (χ3v) is 4.58. The first kappa shape index (κ1) is 18.7. The Morgan fingerprint density at radius 1 is 1.07 bits per heavy atom. The molecule has 3 aromatic rings. The highest BCUT2D eigenvalue weighted by atomic mass is 35.5. The van der Waals surface area contributed by atoms with Crippen molar-refractivity contribution in [3.63, 3.8) is 0 Å². The number of nitrogens with zero attached hydrogens (tertiary/aromatic N) is 1. The van der Waals surface area contributed by atoms with Gasteiger partial charge in [0.2, 0.25) is 5.78 Å². The highest BCUT2D eigenvalue weighted by Crippen LogP contribution is 2.35. The van der Waals surface area contributed by atoms with Crippen LogP contribution in [0.1, 0.15) is 21.5 Å². The zero-order valence-corrected chi connectivity index (χ0v) is 15.8. The number of benzene rings is 3. The van der Waals surface area contributed by atoms with Gasteiger partial charge >= 0.3 is 0 Å². The van der Waals surface area contributed by atoms with Gasteiger partial charge in [0.1, 0.15) is 18.1 Å². The van der Waals surface area contributed by atoms with Gasteiger partial charge in [-0.1, -0.05) is 23.7 Å². The minimum atomic E-state index is -0.450. The van der Waals surface area contributed by atoms with Gasteiger partial charge in [0, 0.05) is 23.2 Å². The molecule has 0 saturated carbocycles. The number of nitro groups is 1. The lowest BCUT2D eigenvalue weighted by molar-refractivity contribution is -0.384. The molecule has 0 radical (unpaired) electrons. The smallest absolute Gasteiger partial charge is 0.269 e. The second-order valence-electron chi connectivity index (χ2n) is 6.36. The summed E-state index contributed by atoms with van der Waals surface area (Å²) in [4.78, 5) is 22.8. The lowest BCUT2D eigenvalue weighted by Crippen LogP contribution is -1.98. The van der Waals surface area contributed by atoms with Gasteiger partial charge in [0.15, 0.2) is 5.76 Å². The van der Waals surface area contributed by atoms with Gasteiger partial charge in [0.05, 0.1) is 10.5 Å². The van der Waals surface area contributed by atoms with Crippen molar-refractivity contribution in [2.24, 2.45) is 0 Å². The number of ketones is 1. The van der Waals surface area contributed by atoms with E-state index in [0.29, 0.717) is 22.1 Å². The maximum Gasteiger partial charge on any atom is 0.269 e. The molecule has 0 N–H and O–H groups in total. The van der Waals surface area contributed by atoms with E-state index in [9.17, 15) is 14.9 Å². The lowest BCUT2D eigenvalue weighted by atomic mass is 10.1. The first-order valence-corrected chi connectivity index (χ1v) is 9.07. The first-order valence-electron chi connectivity index (χ1n) is 8.69. The highest BCUT2D eigenvalue weighted by Gasteiger charge is 2.27. The van der Waals surface area contributed by atoms with Crippen molar-refractivity contribution in [3.05, 3.63) is 104 Å². The Morgan fingerprint density at radius 2 is 1.86 bits per heavy atom. The number of halogens is 1. The van der Waals surface area contributed by atoms with Crippen LogP contribution in [-0.2, 0) is 6.61 Å². The molecule has 0 spiro atoms. The Hall–Kier alpha value is -3.64. The number of nitro benzene ring substituents is 1. The van der Waals surface area contributed by atoms with Crippen LogP contribution in [0.2, 0.25) is 5.02 Å². The summed E-state index contributed by atoms with van der Waals surface area (Å²) in [5, 5.41) is 11.3. The number of allylic oxidation sites excluding steroid dienone is 1. The number of non-ortho nitro benzene ring substituents is 1. The highest BCUT2D eigenvalue weighted by molar-refractivity contribution is 6.30. The Balaban J connectivity index is 1.48. The second kappa shape index (κ2) is 7.77. The molecule has 0 bridgehead atoms. The number of hydrogen-bond donors (Lipinski definition) is 0. The van der Waals surface area contributed by atoms with Crippen molar-refractivity contribution in [1.82, 2.24) is 0 Å². The molecule has 0 saturated heterocycles. The van der Waals surface area contributed by atoms with Gasteiger partial charge in [0.25, 0.3) is 5.69 Å². The minimum absolute atomic E-state index is 0.0252. The van der Waals surface area contributed by atoms with Crippen molar-refractivity contribution >= 4 is 29.1 Å². The topological polar surface area (TPSA) is 78.7 Å². The number of rotatable bonds is 5. The summed E-state index contributed by atoms with van der Waals surface area (Å²) >= 11 is 5.98. The van der Waals surface area contributed by atoms with Gasteiger partial charge in [-0.3, -0.25) is 14.9 Å². The molecule has 3 aromatic carbocycles. The van der Waals surface area contributed by atoms with E-state index in [0.717, 1.165) is 11.1 Å². The van der Waals surface area contributed by atoms with E-state index in [1.54, 1.807) is 54.6 Å². The predicted octanol–water partition coefficient (Wildman–Crippen LogP) is 5.44. The van der Waals surface area contributed by atoms with Gasteiger partial charge in [-0.15, -0.1) is 0 Å². The largest absolute Gasteiger partial charge is 0.489 e. The number of carbonyl (C=O) groups is 1. The fraction of sp³-hybridized carbons (Fsp3) is 0.0455. The normalized spacial score (nSPS) is 13.8. The van der Waals surface area contributed by atoms with Crippen molar-refractivity contribution in [3.8, 4) is 11.5 Å². The second-order valence-corrected chi connectivity index (χ2v) is 6.80. The molecule has 0 atom stereocenters. The summed E-state index contributed by atoms with van der Waals surface area (Å²) in [6.07, 6.45) is 1.64. The molecule has 1 aliphatic heterocycles. The Labute approximate surface area is 171 Å². The minimum Gasteiger partial charge on any atom is -0.489 e. The van der Waals surface area contributed by atoms with E-state index in [4.69, 9.17) is 21.1 Å². The zero-order valence-electron chi connectivity index (χ0n) is 15.0. The number of carbonyl (C=O) groups excluding carboxylic acids is 1. The van der Waals surface area contributed by atoms with E-state index in [2.05, 4.69) is 0 Å². The SMILES string of the molecule is O=C1C(=Cc2cccc(Cl)c2)Oc2cc(OCc3ccc([N+](=O)[O-])cc3)ccc21. The summed E-state index contributed by atoms with van der Waals surface area (Å²) in [6, 6.07) is 18.2. The number of hydrogen-bond acceptors (Lipinski definition) is 5. The monoisotopic (exact) mass is 407 g/mol. The van der Waals surface area contributed by atoms with Crippen LogP contribution in [-0.4, -0.2) is 10.7 Å². The molecule has 0 fully saturated rings. The Morgan fingerprint density at radius 3 is 2.59 bits per heavy atom. The van der Waals surface area contributed by atoms with Crippen LogP contribution in [0.5, 0.6) is 11.5 Å². The average molecular weight is 408 g/mol. The van der Waals surface area contributed by atoms with Crippen molar-refractivity contribution in [2.45, 2.75) is 6.61 Å². The van der Waals surface area contributed by atoms with Crippen LogP contribution < -0.4 is 9.47 Å². The summed E-state index contributed by atoms with van der Waals surface area (Å²) in [5.41, 5.74) is 2.04. The van der Waals surface area contributed by atoms with Crippen LogP contribution in [0.25, 0.3) is 6.08 Å². The maximum absolute atomic E-state index is 12.5. The molecular formula is C22H14ClNO5. The van der Waals surface area contributed by atoms with Crippen LogP contribution in [0.4, 0.5) is 5.69 Å². The van der Waals surface area contributed by atoms with Gasteiger partial charge in [-0.25, -0.2) is 0 Å². The number of fused-ring (bicyclic) bond motifs is 1. The molecule has 1 heterocycles. The van der Waals surface area contributed by atoms with E-state index in [-0.39, 0.29) is 23.8 Å². The molecule has 4 rings (SSSR count). The zero-order chi connectivity index (χ0) is 20.4. The maximum atomic E-state index is 12.5. The van der Waals surface area contributed by atoms with Crippen LogP contribution in [0.15, 0.2) is 72.5 Å². The van der Waals surface area contributed by atoms with E-state index in [1.807, 2.05) is 6.07 Å². The van der Waals surface area contributed by atoms with Gasteiger partial charge in [-0.2, -0.15) is 0 Å². The molecule has 0 aromatic heterocycles. The molecule has 29 heavy (non-hydrogen) atoms. The van der Waals surface area contributed by atoms with E-state index >= 15 is 0 Å². The molecule has 6 nitrogen and oxygen atoms in total. The van der Waals surface area contributed by atoms with Crippen LogP contribution >= 0.6 is 11.6 Å². The first-order chi connectivity index (χ1) is 14.0. The molecule has 1 aliphatic rings. The Bertz CT molecular complexity index is 1140. The average Bonchev–Trinajstić information content (AvgIpc) is 3.01. The Kier molecular flexibility index (Phi) is 5.01. The molecule has 0 unspecified atom stereocenters. The molecular weight excluding hydrogens is 394 g/mol. The summed E-state index contributed by atoms with van der Waals surface area (Å²) < 4.78 is 11.4. The molecule has 7 heteroatoms. The standard InChI is InChI=1S/C22H14ClNO5/c23-16-3-1-2-15(10-16)11-21-22(25)19-9-8-18(12-20(19)29-21)28-13-14-4-6-17(7-5-14)24(26)27/h1-12H,13H2. The van der Waals surface area contributed by atoms with Gasteiger partial charge < -0.3 is 9.47 Å². The lowest BCUT2D eigenvalue weighted by Gasteiger charge is -2.07. The molecule has 0 aliphatic carbocycles. The summed E-state index contributed by atoms with van der Waals surface area (Å²) in [7, 11) is 0. The van der Waals surface area contributed by atoms with E-state index in [1.165, 1.54) is 12.1 Å². The number of ether oxygens (including phenoxy) is 2. The van der Waals surface area contributed by atoms with Gasteiger partial charge in [-0.05, 0) is 53.6 Å².